The number of hydrogen-bond donors (Lipinski definition) is 4. The summed E-state index contributed by atoms with van der Waals surface area (Å²) in [6.07, 6.45) is -6.29. The molecule has 6 aliphatic rings. The van der Waals surface area contributed by atoms with Crippen LogP contribution in [0.1, 0.15) is 34.1 Å². The summed E-state index contributed by atoms with van der Waals surface area (Å²) >= 11 is 0. The lowest BCUT2D eigenvalue weighted by Crippen LogP contribution is -2.66. The first-order valence-electron chi connectivity index (χ1n) is 10.3. The fourth-order valence-electron chi connectivity index (χ4n) is 8.30. The molecule has 0 bridgehead atoms. The summed E-state index contributed by atoms with van der Waals surface area (Å²) in [5.74, 6) is -8.20. The zero-order chi connectivity index (χ0) is 22.7. The molecule has 0 radical (unpaired) electrons. The highest BCUT2D eigenvalue weighted by Gasteiger charge is 3.06. The predicted molar refractivity (Wildman–Crippen MR) is 93.2 cm³/mol. The first-order valence-corrected chi connectivity index (χ1v) is 10.3. The van der Waals surface area contributed by atoms with E-state index in [1.807, 2.05) is 0 Å². The van der Waals surface area contributed by atoms with Crippen LogP contribution in [-0.4, -0.2) is 79.9 Å². The van der Waals surface area contributed by atoms with Gasteiger partial charge in [0.1, 0.15) is 17.6 Å². The first kappa shape index (κ1) is 19.9. The Balaban J connectivity index is 1.75. The van der Waals surface area contributed by atoms with Gasteiger partial charge in [-0.25, -0.2) is 9.59 Å². The topological polar surface area (TPSA) is 169 Å². The molecular weight excluding hydrogens is 416 g/mol. The maximum absolute atomic E-state index is 13.4. The van der Waals surface area contributed by atoms with Gasteiger partial charge in [0.05, 0.1) is 17.4 Å². The number of ether oxygens (including phenoxy) is 4. The van der Waals surface area contributed by atoms with E-state index in [1.165, 1.54) is 6.92 Å². The summed E-state index contributed by atoms with van der Waals surface area (Å²) in [5.41, 5.74) is -9.41. The molecule has 6 fully saturated rings. The summed E-state index contributed by atoms with van der Waals surface area (Å²) in [6.45, 7) is 6.56. The predicted octanol–water partition coefficient (Wildman–Crippen LogP) is -2.05. The van der Waals surface area contributed by atoms with Crippen LogP contribution in [0.3, 0.4) is 0 Å². The van der Waals surface area contributed by atoms with Gasteiger partial charge in [0, 0.05) is 12.3 Å². The molecule has 0 unspecified atom stereocenters. The van der Waals surface area contributed by atoms with E-state index in [1.54, 1.807) is 20.8 Å². The summed E-state index contributed by atoms with van der Waals surface area (Å²) in [7, 11) is 0. The van der Waals surface area contributed by atoms with Gasteiger partial charge in [0.15, 0.2) is 11.7 Å². The lowest BCUT2D eigenvalue weighted by atomic mass is 9.51. The number of aliphatic hydroxyl groups excluding tert-OH is 2. The first-order chi connectivity index (χ1) is 14.2. The molecule has 11 nitrogen and oxygen atoms in total. The highest BCUT2D eigenvalue weighted by molar-refractivity contribution is 5.94. The Morgan fingerprint density at radius 2 is 1.68 bits per heavy atom. The molecule has 11 heteroatoms. The van der Waals surface area contributed by atoms with Crippen LogP contribution in [-0.2, 0) is 33.3 Å². The lowest BCUT2D eigenvalue weighted by Gasteiger charge is -2.47. The van der Waals surface area contributed by atoms with Crippen molar-refractivity contribution in [2.75, 3.05) is 0 Å². The monoisotopic (exact) mass is 440 g/mol. The summed E-state index contributed by atoms with van der Waals surface area (Å²) in [5, 5.41) is 46.1. The third-order valence-electron chi connectivity index (χ3n) is 8.99. The molecule has 0 aromatic heterocycles. The van der Waals surface area contributed by atoms with Crippen LogP contribution in [0.25, 0.3) is 0 Å². The number of hydrogen-bond acceptors (Lipinski definition) is 11. The molecular formula is C20H24O11. The van der Waals surface area contributed by atoms with E-state index in [4.69, 9.17) is 18.9 Å². The number of carbonyl (C=O) groups excluding carboxylic acids is 3. The fourth-order valence-corrected chi connectivity index (χ4v) is 8.30. The van der Waals surface area contributed by atoms with Crippen LogP contribution in [0.5, 0.6) is 0 Å². The standard InChI is InChI=1S/C20H24O11/c1-6-12(23)28-7-5-16-11-8(21)9(15(2,3)4)17(16)10(22)13(24)30-20(17,27)31-19(16,14(25)29-11)18(6,7)26/h6-11,21-22,26-27H,5H2,1-4H3/t6-,7+,8-,9+,10+,11-,16-,17-,18-,19+,20-/m1/s1. The van der Waals surface area contributed by atoms with Crippen LogP contribution < -0.4 is 0 Å². The Kier molecular flexibility index (Phi) is 3.05. The average molecular weight is 440 g/mol. The third-order valence-corrected chi connectivity index (χ3v) is 8.99. The van der Waals surface area contributed by atoms with Gasteiger partial charge in [0.25, 0.3) is 0 Å². The minimum absolute atomic E-state index is 0.282. The molecule has 0 aromatic carbocycles. The van der Waals surface area contributed by atoms with E-state index in [2.05, 4.69) is 0 Å². The van der Waals surface area contributed by atoms with Crippen molar-refractivity contribution >= 4 is 17.9 Å². The van der Waals surface area contributed by atoms with Crippen LogP contribution in [0.15, 0.2) is 0 Å². The second-order valence-electron chi connectivity index (χ2n) is 10.9. The van der Waals surface area contributed by atoms with Crippen molar-refractivity contribution in [2.24, 2.45) is 28.1 Å². The van der Waals surface area contributed by atoms with E-state index in [0.29, 0.717) is 0 Å². The fraction of sp³-hybridized carbons (Fsp3) is 0.850. The van der Waals surface area contributed by atoms with Gasteiger partial charge >= 0.3 is 23.9 Å². The van der Waals surface area contributed by atoms with Crippen LogP contribution in [0.4, 0.5) is 0 Å². The number of aliphatic hydroxyl groups is 4. The molecule has 2 saturated carbocycles. The maximum Gasteiger partial charge on any atom is 0.343 e. The second-order valence-corrected chi connectivity index (χ2v) is 10.9. The zero-order valence-corrected chi connectivity index (χ0v) is 17.3. The lowest BCUT2D eigenvalue weighted by molar-refractivity contribution is -0.387. The van der Waals surface area contributed by atoms with Gasteiger partial charge in [-0.2, -0.15) is 0 Å². The van der Waals surface area contributed by atoms with Crippen LogP contribution in [0.2, 0.25) is 0 Å². The molecule has 6 rings (SSSR count). The zero-order valence-electron chi connectivity index (χ0n) is 17.3. The molecule has 11 atom stereocenters. The SMILES string of the molecule is C[C@@H]1C(=O)O[C@H]2C[C@]34[C@@H]5OC(=O)[C@@]3(O[C@]3(O)OC(=O)[C@H](O)[C@@]34[C@H](C(C)(C)C)[C@H]5O)[C@]21O. The molecule has 31 heavy (non-hydrogen) atoms. The number of esters is 3. The summed E-state index contributed by atoms with van der Waals surface area (Å²) in [4.78, 5) is 38.3. The van der Waals surface area contributed by atoms with Crippen LogP contribution in [0, 0.1) is 28.1 Å². The van der Waals surface area contributed by atoms with Crippen molar-refractivity contribution in [3.05, 3.63) is 0 Å². The van der Waals surface area contributed by atoms with Gasteiger partial charge in [0.2, 0.25) is 5.60 Å². The Bertz CT molecular complexity index is 973. The summed E-state index contributed by atoms with van der Waals surface area (Å²) < 4.78 is 22.0. The number of carbonyl (C=O) groups is 3. The van der Waals surface area contributed by atoms with Crippen molar-refractivity contribution in [1.29, 1.82) is 0 Å². The van der Waals surface area contributed by atoms with Crippen molar-refractivity contribution in [3.63, 3.8) is 0 Å². The molecule has 4 heterocycles. The molecule has 4 saturated heterocycles. The Hall–Kier alpha value is -1.79. The Labute approximate surface area is 176 Å². The van der Waals surface area contributed by atoms with E-state index in [0.717, 1.165) is 0 Å². The minimum atomic E-state index is -2.84. The maximum atomic E-state index is 13.4. The van der Waals surface area contributed by atoms with Crippen molar-refractivity contribution in [2.45, 2.75) is 75.7 Å². The molecule has 2 spiro atoms. The van der Waals surface area contributed by atoms with Crippen LogP contribution >= 0.6 is 0 Å². The minimum Gasteiger partial charge on any atom is -0.459 e. The number of fused-ring (bicyclic) bond motifs is 1. The smallest absolute Gasteiger partial charge is 0.343 e. The molecule has 4 N–H and O–H groups in total. The van der Waals surface area contributed by atoms with E-state index >= 15 is 0 Å². The normalized spacial score (nSPS) is 61.0. The molecule has 170 valence electrons. The van der Waals surface area contributed by atoms with Gasteiger partial charge < -0.3 is 34.6 Å². The average Bonchev–Trinajstić information content (AvgIpc) is 3.29. The molecule has 0 amide bonds. The summed E-state index contributed by atoms with van der Waals surface area (Å²) in [6, 6.07) is 0. The van der Waals surface area contributed by atoms with Gasteiger partial charge in [-0.1, -0.05) is 20.8 Å². The highest BCUT2D eigenvalue weighted by Crippen LogP contribution is 2.86. The largest absolute Gasteiger partial charge is 0.459 e. The highest BCUT2D eigenvalue weighted by atomic mass is 16.9. The molecule has 4 aliphatic heterocycles. The Morgan fingerprint density at radius 1 is 1.03 bits per heavy atom. The van der Waals surface area contributed by atoms with Crippen molar-refractivity contribution in [1.82, 2.24) is 0 Å². The molecule has 2 aliphatic carbocycles. The second kappa shape index (κ2) is 4.76. The number of rotatable bonds is 0. The third kappa shape index (κ3) is 1.43. The van der Waals surface area contributed by atoms with Gasteiger partial charge in [-0.3, -0.25) is 9.53 Å². The van der Waals surface area contributed by atoms with Crippen molar-refractivity contribution in [3.8, 4) is 0 Å². The van der Waals surface area contributed by atoms with Crippen molar-refractivity contribution < 1.29 is 53.8 Å². The Morgan fingerprint density at radius 3 is 2.29 bits per heavy atom. The van der Waals surface area contributed by atoms with E-state index in [9.17, 15) is 34.8 Å². The van der Waals surface area contributed by atoms with Gasteiger partial charge in [-0.05, 0) is 12.3 Å². The van der Waals surface area contributed by atoms with E-state index in [-0.39, 0.29) is 6.42 Å². The van der Waals surface area contributed by atoms with E-state index < -0.39 is 87.6 Å². The quantitative estimate of drug-likeness (QED) is 0.242. The molecule has 0 aromatic rings. The van der Waals surface area contributed by atoms with Gasteiger partial charge in [-0.15, -0.1) is 0 Å².